The molecule has 0 aromatic heterocycles. The Hall–Kier alpha value is -0.560. The number of rotatable bonds is 0. The molecule has 0 unspecified atom stereocenters. The highest BCUT2D eigenvalue weighted by Gasteiger charge is 2.10. The summed E-state index contributed by atoms with van der Waals surface area (Å²) in [6.07, 6.45) is 6.95. The minimum atomic E-state index is 1.21. The second kappa shape index (κ2) is 4.46. The lowest BCUT2D eigenvalue weighted by Crippen LogP contribution is -2.18. The van der Waals surface area contributed by atoms with Gasteiger partial charge >= 0.3 is 0 Å². The molecule has 1 aliphatic rings. The Bertz CT molecular complexity index is 179. The lowest BCUT2D eigenvalue weighted by Gasteiger charge is -2.10. The monoisotopic (exact) mass is 165 g/mol. The summed E-state index contributed by atoms with van der Waals surface area (Å²) in [6.45, 7) is 6.70. The van der Waals surface area contributed by atoms with Crippen molar-refractivity contribution in [1.82, 2.24) is 4.90 Å². The minimum Gasteiger partial charge on any atom is -0.306 e. The van der Waals surface area contributed by atoms with Gasteiger partial charge in [0.25, 0.3) is 0 Å². The van der Waals surface area contributed by atoms with Crippen molar-refractivity contribution in [1.29, 1.82) is 0 Å². The maximum absolute atomic E-state index is 2.40. The number of nitrogens with zero attached hydrogens (tertiary/aromatic N) is 1. The Morgan fingerprint density at radius 1 is 1.00 bits per heavy atom. The predicted octanol–water partition coefficient (Wildman–Crippen LogP) is 2.60. The van der Waals surface area contributed by atoms with Crippen LogP contribution in [-0.2, 0) is 0 Å². The summed E-state index contributed by atoms with van der Waals surface area (Å²) in [7, 11) is 2.20. The van der Waals surface area contributed by atoms with Crippen molar-refractivity contribution in [2.24, 2.45) is 0 Å². The summed E-state index contributed by atoms with van der Waals surface area (Å²) >= 11 is 0. The van der Waals surface area contributed by atoms with Crippen LogP contribution >= 0.6 is 0 Å². The molecule has 1 fully saturated rings. The van der Waals surface area contributed by atoms with Gasteiger partial charge in [-0.3, -0.25) is 0 Å². The molecule has 0 atom stereocenters. The molecule has 0 bridgehead atoms. The summed E-state index contributed by atoms with van der Waals surface area (Å²) in [6, 6.07) is 0. The highest BCUT2D eigenvalue weighted by atomic mass is 15.1. The molecule has 1 nitrogen and oxygen atoms in total. The van der Waals surface area contributed by atoms with Gasteiger partial charge in [0.2, 0.25) is 0 Å². The third kappa shape index (κ3) is 2.21. The first-order valence-corrected chi connectivity index (χ1v) is 4.77. The molecular formula is C11H19N. The maximum Gasteiger partial charge on any atom is 0.00189 e. The van der Waals surface area contributed by atoms with Crippen LogP contribution in [0.15, 0.2) is 23.3 Å². The van der Waals surface area contributed by atoms with E-state index in [0.717, 1.165) is 0 Å². The molecule has 1 heterocycles. The standard InChI is InChI=1S/C11H19N/c1-4-10-6-8-12(3)9-7-11(10)5-2/h4-5H,6-9H2,1-3H3/b10-4-,11-5-. The first kappa shape index (κ1) is 9.53. The molecule has 0 amide bonds. The predicted molar refractivity (Wildman–Crippen MR) is 54.2 cm³/mol. The van der Waals surface area contributed by atoms with Crippen LogP contribution in [0.4, 0.5) is 0 Å². The Labute approximate surface area is 75.8 Å². The number of likely N-dealkylation sites (tertiary alicyclic amines) is 1. The average Bonchev–Trinajstić information content (AvgIpc) is 2.27. The second-order valence-electron chi connectivity index (χ2n) is 3.43. The molecule has 1 aliphatic heterocycles. The molecule has 0 saturated carbocycles. The van der Waals surface area contributed by atoms with Gasteiger partial charge in [0.05, 0.1) is 0 Å². The van der Waals surface area contributed by atoms with Crippen LogP contribution in [0.1, 0.15) is 26.7 Å². The molecule has 1 heteroatoms. The first-order valence-electron chi connectivity index (χ1n) is 4.77. The van der Waals surface area contributed by atoms with Gasteiger partial charge in [0, 0.05) is 13.1 Å². The normalized spacial score (nSPS) is 27.9. The van der Waals surface area contributed by atoms with Crippen molar-refractivity contribution in [3.8, 4) is 0 Å². The maximum atomic E-state index is 2.40. The zero-order valence-electron chi connectivity index (χ0n) is 8.43. The van der Waals surface area contributed by atoms with Gasteiger partial charge in [-0.05, 0) is 44.9 Å². The Morgan fingerprint density at radius 3 is 1.75 bits per heavy atom. The molecule has 0 aromatic rings. The van der Waals surface area contributed by atoms with Crippen molar-refractivity contribution in [3.05, 3.63) is 23.3 Å². The van der Waals surface area contributed by atoms with Gasteiger partial charge in [0.15, 0.2) is 0 Å². The van der Waals surface area contributed by atoms with E-state index in [1.807, 2.05) is 0 Å². The van der Waals surface area contributed by atoms with E-state index in [9.17, 15) is 0 Å². The smallest absolute Gasteiger partial charge is 0.00189 e. The SMILES string of the molecule is C/C=C1/CCN(C)CC/C1=C/C. The van der Waals surface area contributed by atoms with Crippen molar-refractivity contribution < 1.29 is 0 Å². The van der Waals surface area contributed by atoms with Crippen molar-refractivity contribution in [3.63, 3.8) is 0 Å². The summed E-state index contributed by atoms with van der Waals surface area (Å²) in [5.74, 6) is 0. The number of hydrogen-bond donors (Lipinski definition) is 0. The lowest BCUT2D eigenvalue weighted by molar-refractivity contribution is 0.355. The summed E-state index contributed by atoms with van der Waals surface area (Å²) in [5, 5.41) is 0. The highest BCUT2D eigenvalue weighted by Crippen LogP contribution is 2.21. The van der Waals surface area contributed by atoms with Crippen LogP contribution < -0.4 is 0 Å². The third-order valence-corrected chi connectivity index (χ3v) is 2.64. The van der Waals surface area contributed by atoms with E-state index in [4.69, 9.17) is 0 Å². The summed E-state index contributed by atoms with van der Waals surface area (Å²) < 4.78 is 0. The molecule has 0 spiro atoms. The molecule has 0 radical (unpaired) electrons. The van der Waals surface area contributed by atoms with E-state index in [-0.39, 0.29) is 0 Å². The molecular weight excluding hydrogens is 146 g/mol. The van der Waals surface area contributed by atoms with E-state index in [1.165, 1.54) is 25.9 Å². The molecule has 0 N–H and O–H groups in total. The van der Waals surface area contributed by atoms with Gasteiger partial charge < -0.3 is 4.90 Å². The van der Waals surface area contributed by atoms with E-state index >= 15 is 0 Å². The Balaban J connectivity index is 2.73. The molecule has 0 aliphatic carbocycles. The zero-order chi connectivity index (χ0) is 8.97. The second-order valence-corrected chi connectivity index (χ2v) is 3.43. The largest absolute Gasteiger partial charge is 0.306 e. The lowest BCUT2D eigenvalue weighted by atomic mass is 10.0. The van der Waals surface area contributed by atoms with E-state index < -0.39 is 0 Å². The first-order chi connectivity index (χ1) is 5.77. The minimum absolute atomic E-state index is 1.21. The van der Waals surface area contributed by atoms with Crippen LogP contribution in [0.3, 0.4) is 0 Å². The van der Waals surface area contributed by atoms with Gasteiger partial charge in [0.1, 0.15) is 0 Å². The fraction of sp³-hybridized carbons (Fsp3) is 0.636. The number of allylic oxidation sites excluding steroid dienone is 2. The summed E-state index contributed by atoms with van der Waals surface area (Å²) in [5.41, 5.74) is 3.09. The molecule has 12 heavy (non-hydrogen) atoms. The van der Waals surface area contributed by atoms with E-state index in [1.54, 1.807) is 11.1 Å². The number of hydrogen-bond acceptors (Lipinski definition) is 1. The zero-order valence-corrected chi connectivity index (χ0v) is 8.43. The Morgan fingerprint density at radius 2 is 1.42 bits per heavy atom. The Kier molecular flexibility index (Phi) is 3.54. The van der Waals surface area contributed by atoms with Crippen LogP contribution in [0.25, 0.3) is 0 Å². The van der Waals surface area contributed by atoms with Crippen LogP contribution in [-0.4, -0.2) is 25.0 Å². The molecule has 68 valence electrons. The summed E-state index contributed by atoms with van der Waals surface area (Å²) in [4.78, 5) is 2.40. The van der Waals surface area contributed by atoms with Gasteiger partial charge in [-0.2, -0.15) is 0 Å². The van der Waals surface area contributed by atoms with Crippen molar-refractivity contribution in [2.45, 2.75) is 26.7 Å². The topological polar surface area (TPSA) is 3.24 Å². The van der Waals surface area contributed by atoms with Crippen molar-refractivity contribution in [2.75, 3.05) is 20.1 Å². The third-order valence-electron chi connectivity index (χ3n) is 2.64. The van der Waals surface area contributed by atoms with Crippen molar-refractivity contribution >= 4 is 0 Å². The molecule has 1 saturated heterocycles. The van der Waals surface area contributed by atoms with E-state index in [2.05, 4.69) is 37.9 Å². The van der Waals surface area contributed by atoms with E-state index in [0.29, 0.717) is 0 Å². The van der Waals surface area contributed by atoms with Gasteiger partial charge in [-0.25, -0.2) is 0 Å². The quantitative estimate of drug-likeness (QED) is 0.533. The van der Waals surface area contributed by atoms with Gasteiger partial charge in [-0.15, -0.1) is 0 Å². The van der Waals surface area contributed by atoms with Crippen LogP contribution in [0, 0.1) is 0 Å². The molecule has 0 aromatic carbocycles. The van der Waals surface area contributed by atoms with Gasteiger partial charge in [-0.1, -0.05) is 12.2 Å². The average molecular weight is 165 g/mol. The fourth-order valence-corrected chi connectivity index (χ4v) is 1.72. The highest BCUT2D eigenvalue weighted by molar-refractivity contribution is 5.31. The van der Waals surface area contributed by atoms with Crippen LogP contribution in [0.5, 0.6) is 0 Å². The molecule has 1 rings (SSSR count). The van der Waals surface area contributed by atoms with Crippen LogP contribution in [0.2, 0.25) is 0 Å². The fourth-order valence-electron chi connectivity index (χ4n) is 1.72.